The minimum atomic E-state index is -0.842. The fraction of sp³-hybridized carbons (Fsp3) is 0.300. The van der Waals surface area contributed by atoms with E-state index < -0.39 is 12.0 Å². The van der Waals surface area contributed by atoms with Crippen molar-refractivity contribution >= 4 is 29.2 Å². The zero-order valence-electron chi connectivity index (χ0n) is 14.7. The second-order valence-corrected chi connectivity index (χ2v) is 6.51. The Morgan fingerprint density at radius 2 is 1.88 bits per heavy atom. The molecule has 1 unspecified atom stereocenters. The molecule has 0 spiro atoms. The lowest BCUT2D eigenvalue weighted by atomic mass is 10.1. The second-order valence-electron chi connectivity index (χ2n) is 6.08. The Hall–Kier alpha value is -2.37. The van der Waals surface area contributed by atoms with Crippen molar-refractivity contribution in [3.05, 3.63) is 64.7 Å². The van der Waals surface area contributed by atoms with Crippen LogP contribution in [0.2, 0.25) is 5.02 Å². The van der Waals surface area contributed by atoms with Crippen LogP contribution in [0.15, 0.2) is 48.5 Å². The molecule has 0 fully saturated rings. The molecular weight excluding hydrogens is 352 g/mol. The maximum atomic E-state index is 12.3. The first-order valence-electron chi connectivity index (χ1n) is 8.61. The van der Waals surface area contributed by atoms with Gasteiger partial charge in [0.25, 0.3) is 5.91 Å². The Kier molecular flexibility index (Phi) is 7.63. The van der Waals surface area contributed by atoms with Crippen LogP contribution in [-0.4, -0.2) is 23.0 Å². The first-order valence-corrected chi connectivity index (χ1v) is 8.99. The molecule has 0 saturated carbocycles. The molecule has 2 aromatic rings. The molecule has 0 aliphatic heterocycles. The maximum Gasteiger partial charge on any atom is 0.320 e. The summed E-state index contributed by atoms with van der Waals surface area (Å²) in [4.78, 5) is 23.6. The quantitative estimate of drug-likeness (QED) is 0.610. The van der Waals surface area contributed by atoms with Crippen LogP contribution in [0.5, 0.6) is 0 Å². The Morgan fingerprint density at radius 1 is 1.15 bits per heavy atom. The van der Waals surface area contributed by atoms with Crippen LogP contribution < -0.4 is 10.6 Å². The number of aliphatic carboxylic acids is 1. The zero-order valence-corrected chi connectivity index (χ0v) is 15.4. The number of carbonyl (C=O) groups excluding carboxylic acids is 1. The number of carbonyl (C=O) groups is 2. The van der Waals surface area contributed by atoms with Gasteiger partial charge in [0.15, 0.2) is 0 Å². The molecule has 2 aromatic carbocycles. The van der Waals surface area contributed by atoms with Gasteiger partial charge in [0.05, 0.1) is 0 Å². The van der Waals surface area contributed by atoms with E-state index in [4.69, 9.17) is 11.6 Å². The molecule has 1 amide bonds. The number of hydrogen-bond acceptors (Lipinski definition) is 3. The van der Waals surface area contributed by atoms with E-state index in [1.165, 1.54) is 0 Å². The normalized spacial score (nSPS) is 11.8. The maximum absolute atomic E-state index is 12.3. The molecule has 26 heavy (non-hydrogen) atoms. The number of benzene rings is 2. The van der Waals surface area contributed by atoms with Crippen LogP contribution in [0.1, 0.15) is 42.1 Å². The lowest BCUT2D eigenvalue weighted by Gasteiger charge is -2.14. The van der Waals surface area contributed by atoms with Crippen molar-refractivity contribution in [2.24, 2.45) is 0 Å². The van der Waals surface area contributed by atoms with Gasteiger partial charge in [0.2, 0.25) is 0 Å². The fourth-order valence-electron chi connectivity index (χ4n) is 2.53. The van der Waals surface area contributed by atoms with Crippen molar-refractivity contribution in [1.29, 1.82) is 0 Å². The predicted molar refractivity (Wildman–Crippen MR) is 104 cm³/mol. The third-order valence-corrected chi connectivity index (χ3v) is 4.24. The SMILES string of the molecule is CCCCC(NCc1cccc(NC(=O)c2ccc(Cl)cc2)c1)C(=O)O. The first kappa shape index (κ1) is 19.9. The highest BCUT2D eigenvalue weighted by atomic mass is 35.5. The summed E-state index contributed by atoms with van der Waals surface area (Å²) >= 11 is 5.83. The number of unbranched alkanes of at least 4 members (excludes halogenated alkanes) is 1. The van der Waals surface area contributed by atoms with Gasteiger partial charge < -0.3 is 15.7 Å². The summed E-state index contributed by atoms with van der Waals surface area (Å²) in [6, 6.07) is 13.4. The minimum absolute atomic E-state index is 0.224. The average molecular weight is 375 g/mol. The van der Waals surface area contributed by atoms with Gasteiger partial charge in [-0.2, -0.15) is 0 Å². The molecule has 0 heterocycles. The number of halogens is 1. The van der Waals surface area contributed by atoms with Crippen LogP contribution in [0.3, 0.4) is 0 Å². The van der Waals surface area contributed by atoms with Crippen molar-refractivity contribution in [3.8, 4) is 0 Å². The van der Waals surface area contributed by atoms with Crippen molar-refractivity contribution in [2.75, 3.05) is 5.32 Å². The molecule has 6 heteroatoms. The van der Waals surface area contributed by atoms with Gasteiger partial charge >= 0.3 is 5.97 Å². The Balaban J connectivity index is 1.97. The summed E-state index contributed by atoms with van der Waals surface area (Å²) in [7, 11) is 0. The fourth-order valence-corrected chi connectivity index (χ4v) is 2.65. The highest BCUT2D eigenvalue weighted by Gasteiger charge is 2.15. The average Bonchev–Trinajstić information content (AvgIpc) is 2.62. The Labute approximate surface area is 158 Å². The lowest BCUT2D eigenvalue weighted by Crippen LogP contribution is -2.36. The minimum Gasteiger partial charge on any atom is -0.480 e. The van der Waals surface area contributed by atoms with Crippen molar-refractivity contribution in [3.63, 3.8) is 0 Å². The molecule has 1 atom stereocenters. The number of anilines is 1. The topological polar surface area (TPSA) is 78.4 Å². The molecule has 138 valence electrons. The molecule has 0 saturated heterocycles. The van der Waals surface area contributed by atoms with E-state index in [9.17, 15) is 14.7 Å². The molecule has 0 aliphatic carbocycles. The van der Waals surface area contributed by atoms with Crippen molar-refractivity contribution in [1.82, 2.24) is 5.32 Å². The predicted octanol–water partition coefficient (Wildman–Crippen LogP) is 4.33. The highest BCUT2D eigenvalue weighted by molar-refractivity contribution is 6.30. The summed E-state index contributed by atoms with van der Waals surface area (Å²) in [6.45, 7) is 2.46. The largest absolute Gasteiger partial charge is 0.480 e. The number of carboxylic acids is 1. The molecular formula is C20H23ClN2O3. The van der Waals surface area contributed by atoms with Crippen LogP contribution in [-0.2, 0) is 11.3 Å². The van der Waals surface area contributed by atoms with Crippen molar-refractivity contribution < 1.29 is 14.7 Å². The van der Waals surface area contributed by atoms with Crippen molar-refractivity contribution in [2.45, 2.75) is 38.8 Å². The van der Waals surface area contributed by atoms with E-state index >= 15 is 0 Å². The Morgan fingerprint density at radius 3 is 2.54 bits per heavy atom. The van der Waals surface area contributed by atoms with Gasteiger partial charge in [-0.05, 0) is 48.4 Å². The molecule has 3 N–H and O–H groups in total. The van der Waals surface area contributed by atoms with Gasteiger partial charge in [-0.3, -0.25) is 9.59 Å². The monoisotopic (exact) mass is 374 g/mol. The molecule has 5 nitrogen and oxygen atoms in total. The smallest absolute Gasteiger partial charge is 0.320 e. The summed E-state index contributed by atoms with van der Waals surface area (Å²) < 4.78 is 0. The molecule has 0 aromatic heterocycles. The summed E-state index contributed by atoms with van der Waals surface area (Å²) in [5.74, 6) is -1.07. The number of hydrogen-bond donors (Lipinski definition) is 3. The van der Waals surface area contributed by atoms with E-state index in [1.54, 1.807) is 30.3 Å². The van der Waals surface area contributed by atoms with Crippen LogP contribution in [0, 0.1) is 0 Å². The first-order chi connectivity index (χ1) is 12.5. The molecule has 0 bridgehead atoms. The number of amides is 1. The van der Waals surface area contributed by atoms with Gasteiger partial charge in [-0.15, -0.1) is 0 Å². The molecule has 2 rings (SSSR count). The third kappa shape index (κ3) is 6.17. The van der Waals surface area contributed by atoms with E-state index in [0.29, 0.717) is 29.2 Å². The standard InChI is InChI=1S/C20H23ClN2O3/c1-2-3-7-18(20(25)26)22-13-14-5-4-6-17(12-14)23-19(24)15-8-10-16(21)11-9-15/h4-6,8-12,18,22H,2-3,7,13H2,1H3,(H,23,24)(H,25,26). The van der Waals surface area contributed by atoms with Crippen LogP contribution in [0.25, 0.3) is 0 Å². The molecule has 0 radical (unpaired) electrons. The highest BCUT2D eigenvalue weighted by Crippen LogP contribution is 2.15. The summed E-state index contributed by atoms with van der Waals surface area (Å²) in [5, 5.41) is 15.7. The number of carboxylic acid groups (broad SMARTS) is 1. The molecule has 0 aliphatic rings. The van der Waals surface area contributed by atoms with Gasteiger partial charge in [0, 0.05) is 22.8 Å². The van der Waals surface area contributed by atoms with Gasteiger partial charge in [-0.1, -0.05) is 43.5 Å². The van der Waals surface area contributed by atoms with E-state index in [-0.39, 0.29) is 5.91 Å². The number of nitrogens with one attached hydrogen (secondary N) is 2. The second kappa shape index (κ2) is 9.94. The van der Waals surface area contributed by atoms with Gasteiger partial charge in [0.1, 0.15) is 6.04 Å². The van der Waals surface area contributed by atoms with Crippen LogP contribution >= 0.6 is 11.6 Å². The lowest BCUT2D eigenvalue weighted by molar-refractivity contribution is -0.139. The zero-order chi connectivity index (χ0) is 18.9. The van der Waals surface area contributed by atoms with E-state index in [2.05, 4.69) is 10.6 Å². The van der Waals surface area contributed by atoms with E-state index in [0.717, 1.165) is 18.4 Å². The third-order valence-electron chi connectivity index (χ3n) is 3.99. The Bertz CT molecular complexity index is 747. The summed E-state index contributed by atoms with van der Waals surface area (Å²) in [6.07, 6.45) is 2.41. The number of rotatable bonds is 9. The van der Waals surface area contributed by atoms with Gasteiger partial charge in [-0.25, -0.2) is 0 Å². The van der Waals surface area contributed by atoms with E-state index in [1.807, 2.05) is 25.1 Å². The summed E-state index contributed by atoms with van der Waals surface area (Å²) in [5.41, 5.74) is 2.08. The van der Waals surface area contributed by atoms with Crippen LogP contribution in [0.4, 0.5) is 5.69 Å².